The van der Waals surface area contributed by atoms with E-state index in [9.17, 15) is 9.18 Å². The maximum Gasteiger partial charge on any atom is 0.311 e. The van der Waals surface area contributed by atoms with Crippen molar-refractivity contribution in [1.82, 2.24) is 0 Å². The average Bonchev–Trinajstić information content (AvgIpc) is 2.35. The molecule has 0 heterocycles. The molecule has 0 radical (unpaired) electrons. The molecule has 0 aliphatic heterocycles. The minimum Gasteiger partial charge on any atom is -0.493 e. The van der Waals surface area contributed by atoms with E-state index in [1.807, 2.05) is 0 Å². The minimum atomic E-state index is -0.407. The number of esters is 1. The van der Waals surface area contributed by atoms with Gasteiger partial charge < -0.3 is 15.2 Å². The fourth-order valence-corrected chi connectivity index (χ4v) is 1.27. The van der Waals surface area contributed by atoms with Crippen molar-refractivity contribution in [3.05, 3.63) is 29.6 Å². The van der Waals surface area contributed by atoms with Crippen molar-refractivity contribution in [3.63, 3.8) is 0 Å². The molecule has 0 saturated heterocycles. The second-order valence-electron chi connectivity index (χ2n) is 3.69. The van der Waals surface area contributed by atoms with Crippen LogP contribution in [0.25, 0.3) is 0 Å². The number of ether oxygens (including phenoxy) is 2. The summed E-state index contributed by atoms with van der Waals surface area (Å²) >= 11 is 0. The van der Waals surface area contributed by atoms with Gasteiger partial charge in [-0.3, -0.25) is 4.79 Å². The maximum absolute atomic E-state index is 13.3. The predicted octanol–water partition coefficient (Wildman–Crippen LogP) is 1.89. The summed E-state index contributed by atoms with van der Waals surface area (Å²) in [5.74, 6) is -0.785. The van der Waals surface area contributed by atoms with E-state index in [2.05, 4.69) is 4.74 Å². The molecule has 4 nitrogen and oxygen atoms in total. The van der Waals surface area contributed by atoms with Crippen LogP contribution < -0.4 is 10.5 Å². The summed E-state index contributed by atoms with van der Waals surface area (Å²) in [6, 6.07) is 4.44. The zero-order chi connectivity index (χ0) is 12.8. The summed E-state index contributed by atoms with van der Waals surface area (Å²) in [4.78, 5) is 11.1. The molecule has 0 spiro atoms. The molecule has 1 atom stereocenters. The molecule has 2 N–H and O–H groups in total. The topological polar surface area (TPSA) is 61.5 Å². The molecule has 0 aliphatic rings. The summed E-state index contributed by atoms with van der Waals surface area (Å²) in [7, 11) is 1.31. The Bertz CT molecular complexity index is 401. The number of nitrogens with two attached hydrogens (primary N) is 1. The van der Waals surface area contributed by atoms with Gasteiger partial charge in [0.15, 0.2) is 0 Å². The zero-order valence-electron chi connectivity index (χ0n) is 10.3. The van der Waals surface area contributed by atoms with E-state index in [-0.39, 0.29) is 31.5 Å². The third-order valence-corrected chi connectivity index (χ3v) is 2.35. The highest BCUT2D eigenvalue weighted by Gasteiger charge is 2.14. The normalized spacial score (nSPS) is 11.3. The number of carbonyl (C=O) groups excluding carboxylic acids is 1. The van der Waals surface area contributed by atoms with Crippen LogP contribution in [-0.4, -0.2) is 19.7 Å². The molecular weight excluding hydrogens is 261 g/mol. The fraction of sp³-hybridized carbons (Fsp3) is 0.417. The number of methoxy groups -OCH3 is 1. The average molecular weight is 278 g/mol. The number of hydrogen-bond acceptors (Lipinski definition) is 4. The molecule has 0 amide bonds. The van der Waals surface area contributed by atoms with Crippen LogP contribution in [0.4, 0.5) is 4.39 Å². The lowest BCUT2D eigenvalue weighted by Gasteiger charge is -2.11. The first kappa shape index (κ1) is 16.7. The van der Waals surface area contributed by atoms with Gasteiger partial charge >= 0.3 is 5.97 Å². The summed E-state index contributed by atoms with van der Waals surface area (Å²) in [6.45, 7) is 1.97. The SMILES string of the molecule is COC(=O)C(C)COc1ccc(CN)c(F)c1.Cl. The Balaban J connectivity index is 0.00000289. The molecule has 1 unspecified atom stereocenters. The Labute approximate surface area is 112 Å². The van der Waals surface area contributed by atoms with Crippen molar-refractivity contribution in [1.29, 1.82) is 0 Å². The van der Waals surface area contributed by atoms with Gasteiger partial charge in [-0.1, -0.05) is 6.07 Å². The molecule has 1 rings (SSSR count). The predicted molar refractivity (Wildman–Crippen MR) is 68.2 cm³/mol. The second kappa shape index (κ2) is 7.89. The van der Waals surface area contributed by atoms with Gasteiger partial charge in [0.1, 0.15) is 18.2 Å². The Morgan fingerprint density at radius 1 is 1.50 bits per heavy atom. The summed E-state index contributed by atoms with van der Waals surface area (Å²) in [6.07, 6.45) is 0. The van der Waals surface area contributed by atoms with E-state index in [4.69, 9.17) is 10.5 Å². The van der Waals surface area contributed by atoms with E-state index in [1.165, 1.54) is 13.2 Å². The lowest BCUT2D eigenvalue weighted by Crippen LogP contribution is -2.20. The van der Waals surface area contributed by atoms with E-state index in [0.717, 1.165) is 0 Å². The quantitative estimate of drug-likeness (QED) is 0.835. The van der Waals surface area contributed by atoms with Gasteiger partial charge in [-0.05, 0) is 13.0 Å². The highest BCUT2D eigenvalue weighted by molar-refractivity contribution is 5.85. The third-order valence-electron chi connectivity index (χ3n) is 2.35. The lowest BCUT2D eigenvalue weighted by atomic mass is 10.2. The molecule has 0 aliphatic carbocycles. The number of benzene rings is 1. The molecule has 0 bridgehead atoms. The van der Waals surface area contributed by atoms with Crippen molar-refractivity contribution >= 4 is 18.4 Å². The Morgan fingerprint density at radius 2 is 2.17 bits per heavy atom. The van der Waals surface area contributed by atoms with Crippen molar-refractivity contribution in [2.75, 3.05) is 13.7 Å². The first-order valence-electron chi connectivity index (χ1n) is 5.27. The molecular formula is C12H17ClFNO3. The first-order chi connectivity index (χ1) is 8.08. The standard InChI is InChI=1S/C12H16FNO3.ClH/c1-8(12(15)16-2)7-17-10-4-3-9(6-14)11(13)5-10;/h3-5,8H,6-7,14H2,1-2H3;1H. The van der Waals surface area contributed by atoms with Crippen molar-refractivity contribution in [2.24, 2.45) is 11.7 Å². The molecule has 1 aromatic carbocycles. The number of hydrogen-bond donors (Lipinski definition) is 1. The van der Waals surface area contributed by atoms with Crippen molar-refractivity contribution in [2.45, 2.75) is 13.5 Å². The van der Waals surface area contributed by atoms with Crippen LogP contribution in [0, 0.1) is 11.7 Å². The zero-order valence-corrected chi connectivity index (χ0v) is 11.1. The van der Waals surface area contributed by atoms with Gasteiger partial charge in [-0.2, -0.15) is 0 Å². The van der Waals surface area contributed by atoms with Crippen LogP contribution in [0.2, 0.25) is 0 Å². The van der Waals surface area contributed by atoms with Crippen LogP contribution in [0.5, 0.6) is 5.75 Å². The molecule has 18 heavy (non-hydrogen) atoms. The van der Waals surface area contributed by atoms with E-state index < -0.39 is 11.7 Å². The first-order valence-corrected chi connectivity index (χ1v) is 5.27. The molecule has 1 aromatic rings. The van der Waals surface area contributed by atoms with E-state index in [1.54, 1.807) is 19.1 Å². The fourth-order valence-electron chi connectivity index (χ4n) is 1.27. The van der Waals surface area contributed by atoms with Gasteiger partial charge in [0.25, 0.3) is 0 Å². The van der Waals surface area contributed by atoms with Gasteiger partial charge in [0.05, 0.1) is 13.0 Å². The Hall–Kier alpha value is -1.33. The summed E-state index contributed by atoms with van der Waals surface area (Å²) < 4.78 is 23.2. The number of carbonyl (C=O) groups is 1. The lowest BCUT2D eigenvalue weighted by molar-refractivity contribution is -0.145. The summed E-state index contributed by atoms with van der Waals surface area (Å²) in [5, 5.41) is 0. The van der Waals surface area contributed by atoms with Crippen molar-refractivity contribution in [3.8, 4) is 5.75 Å². The van der Waals surface area contributed by atoms with Crippen LogP contribution >= 0.6 is 12.4 Å². The monoisotopic (exact) mass is 277 g/mol. The van der Waals surface area contributed by atoms with Gasteiger partial charge in [0, 0.05) is 18.2 Å². The molecule has 6 heteroatoms. The van der Waals surface area contributed by atoms with Crippen LogP contribution in [0.15, 0.2) is 18.2 Å². The Kier molecular flexibility index (Phi) is 7.31. The minimum absolute atomic E-state index is 0. The highest BCUT2D eigenvalue weighted by Crippen LogP contribution is 2.17. The van der Waals surface area contributed by atoms with E-state index in [0.29, 0.717) is 11.3 Å². The molecule has 0 fully saturated rings. The molecule has 0 saturated carbocycles. The van der Waals surface area contributed by atoms with Gasteiger partial charge in [-0.25, -0.2) is 4.39 Å². The van der Waals surface area contributed by atoms with E-state index >= 15 is 0 Å². The summed E-state index contributed by atoms with van der Waals surface area (Å²) in [5.41, 5.74) is 5.77. The van der Waals surface area contributed by atoms with Crippen LogP contribution in [0.3, 0.4) is 0 Å². The third kappa shape index (κ3) is 4.50. The molecule has 102 valence electrons. The van der Waals surface area contributed by atoms with Crippen LogP contribution in [0.1, 0.15) is 12.5 Å². The second-order valence-corrected chi connectivity index (χ2v) is 3.69. The van der Waals surface area contributed by atoms with Gasteiger partial charge in [-0.15, -0.1) is 12.4 Å². The highest BCUT2D eigenvalue weighted by atomic mass is 35.5. The number of rotatable bonds is 5. The number of halogens is 2. The van der Waals surface area contributed by atoms with Gasteiger partial charge in [0.2, 0.25) is 0 Å². The maximum atomic E-state index is 13.3. The largest absolute Gasteiger partial charge is 0.493 e. The molecule has 0 aromatic heterocycles. The van der Waals surface area contributed by atoms with Crippen LogP contribution in [-0.2, 0) is 16.1 Å². The Morgan fingerprint density at radius 3 is 2.67 bits per heavy atom. The smallest absolute Gasteiger partial charge is 0.311 e. The van der Waals surface area contributed by atoms with Crippen molar-refractivity contribution < 1.29 is 18.7 Å².